The van der Waals surface area contributed by atoms with Crippen LogP contribution in [0.1, 0.15) is 6.42 Å². The number of amides is 2. The lowest BCUT2D eigenvalue weighted by atomic mass is 9.84. The number of fused-ring (bicyclic) bond motifs is 1. The lowest BCUT2D eigenvalue weighted by Gasteiger charge is -2.52. The SMILES string of the molecule is CNC(=O)C1(C(=O)O)CS[C@@H]2C(CC#N)C(=O)N2C1. The summed E-state index contributed by atoms with van der Waals surface area (Å²) in [6.07, 6.45) is 0.132. The summed E-state index contributed by atoms with van der Waals surface area (Å²) < 4.78 is 0. The Bertz CT molecular complexity index is 489. The first-order chi connectivity index (χ1) is 8.97. The summed E-state index contributed by atoms with van der Waals surface area (Å²) in [5, 5.41) is 20.1. The van der Waals surface area contributed by atoms with E-state index >= 15 is 0 Å². The summed E-state index contributed by atoms with van der Waals surface area (Å²) in [5.74, 6) is -2.32. The van der Waals surface area contributed by atoms with Gasteiger partial charge in [-0.1, -0.05) is 0 Å². The summed E-state index contributed by atoms with van der Waals surface area (Å²) in [5.41, 5.74) is -1.59. The minimum Gasteiger partial charge on any atom is -0.480 e. The van der Waals surface area contributed by atoms with Gasteiger partial charge in [0.1, 0.15) is 0 Å². The Morgan fingerprint density at radius 2 is 2.37 bits per heavy atom. The third-order valence-corrected chi connectivity index (χ3v) is 5.16. The smallest absolute Gasteiger partial charge is 0.321 e. The highest BCUT2D eigenvalue weighted by molar-refractivity contribution is 8.00. The quantitative estimate of drug-likeness (QED) is 0.521. The fourth-order valence-corrected chi connectivity index (χ4v) is 4.03. The van der Waals surface area contributed by atoms with Crippen molar-refractivity contribution in [3.05, 3.63) is 0 Å². The van der Waals surface area contributed by atoms with Gasteiger partial charge in [0, 0.05) is 25.8 Å². The van der Waals surface area contributed by atoms with E-state index in [1.165, 1.54) is 23.7 Å². The first-order valence-electron chi connectivity index (χ1n) is 5.72. The highest BCUT2D eigenvalue weighted by Crippen LogP contribution is 2.46. The second-order valence-corrected chi connectivity index (χ2v) is 5.71. The molecule has 8 heteroatoms. The van der Waals surface area contributed by atoms with Crippen LogP contribution in [0, 0.1) is 22.7 Å². The maximum absolute atomic E-state index is 11.8. The predicted molar refractivity (Wildman–Crippen MR) is 65.8 cm³/mol. The second-order valence-electron chi connectivity index (χ2n) is 4.60. The molecular weight excluding hydrogens is 270 g/mol. The molecule has 2 amide bonds. The average Bonchev–Trinajstić information content (AvgIpc) is 2.42. The Morgan fingerprint density at radius 3 is 2.89 bits per heavy atom. The highest BCUT2D eigenvalue weighted by Gasteiger charge is 2.59. The minimum atomic E-state index is -1.59. The molecule has 2 fully saturated rings. The van der Waals surface area contributed by atoms with E-state index in [9.17, 15) is 19.5 Å². The molecule has 2 N–H and O–H groups in total. The third-order valence-electron chi connectivity index (χ3n) is 3.57. The average molecular weight is 283 g/mol. The van der Waals surface area contributed by atoms with Crippen molar-refractivity contribution >= 4 is 29.5 Å². The van der Waals surface area contributed by atoms with E-state index in [0.29, 0.717) is 0 Å². The number of rotatable bonds is 3. The molecule has 2 unspecified atom stereocenters. The number of nitriles is 1. The number of nitrogens with one attached hydrogen (secondary N) is 1. The van der Waals surface area contributed by atoms with E-state index in [1.807, 2.05) is 6.07 Å². The van der Waals surface area contributed by atoms with Crippen LogP contribution in [0.3, 0.4) is 0 Å². The van der Waals surface area contributed by atoms with E-state index in [1.54, 1.807) is 0 Å². The zero-order valence-corrected chi connectivity index (χ0v) is 11.1. The van der Waals surface area contributed by atoms with Gasteiger partial charge in [0.2, 0.25) is 11.8 Å². The number of carboxylic acid groups (broad SMARTS) is 1. The third kappa shape index (κ3) is 1.85. The number of hydrogen-bond donors (Lipinski definition) is 2. The molecule has 0 saturated carbocycles. The zero-order chi connectivity index (χ0) is 14.2. The van der Waals surface area contributed by atoms with E-state index in [2.05, 4.69) is 5.32 Å². The van der Waals surface area contributed by atoms with Crippen molar-refractivity contribution < 1.29 is 19.5 Å². The highest BCUT2D eigenvalue weighted by atomic mass is 32.2. The Morgan fingerprint density at radius 1 is 1.68 bits per heavy atom. The molecule has 2 rings (SSSR count). The molecule has 0 aromatic carbocycles. The van der Waals surface area contributed by atoms with Crippen molar-refractivity contribution in [2.45, 2.75) is 11.8 Å². The van der Waals surface area contributed by atoms with Gasteiger partial charge in [0.05, 0.1) is 17.4 Å². The second kappa shape index (κ2) is 4.74. The number of aliphatic carboxylic acids is 1. The summed E-state index contributed by atoms with van der Waals surface area (Å²) >= 11 is 1.26. The maximum Gasteiger partial charge on any atom is 0.321 e. The van der Waals surface area contributed by atoms with Gasteiger partial charge in [-0.15, -0.1) is 11.8 Å². The van der Waals surface area contributed by atoms with E-state index in [0.717, 1.165) is 0 Å². The van der Waals surface area contributed by atoms with Gasteiger partial charge in [-0.05, 0) is 0 Å². The van der Waals surface area contributed by atoms with Crippen molar-refractivity contribution in [1.82, 2.24) is 10.2 Å². The summed E-state index contributed by atoms with van der Waals surface area (Å²) in [4.78, 5) is 36.5. The Kier molecular flexibility index (Phi) is 3.41. The van der Waals surface area contributed by atoms with Gasteiger partial charge < -0.3 is 15.3 Å². The topological polar surface area (TPSA) is 110 Å². The number of carbonyl (C=O) groups is 3. The fourth-order valence-electron chi connectivity index (χ4n) is 2.42. The number of thioether (sulfide) groups is 1. The number of β-lactam (4-membered cyclic amide) rings is 1. The molecule has 0 radical (unpaired) electrons. The van der Waals surface area contributed by atoms with Crippen LogP contribution >= 0.6 is 11.8 Å². The molecule has 0 bridgehead atoms. The first kappa shape index (κ1) is 13.7. The van der Waals surface area contributed by atoms with Crippen LogP contribution in [0.15, 0.2) is 0 Å². The zero-order valence-electron chi connectivity index (χ0n) is 10.3. The molecule has 0 aliphatic carbocycles. The fraction of sp³-hybridized carbons (Fsp3) is 0.636. The molecule has 2 aliphatic heterocycles. The van der Waals surface area contributed by atoms with Crippen LogP contribution in [-0.2, 0) is 14.4 Å². The molecule has 7 nitrogen and oxygen atoms in total. The van der Waals surface area contributed by atoms with Gasteiger partial charge in [0.25, 0.3) is 0 Å². The van der Waals surface area contributed by atoms with Crippen molar-refractivity contribution in [2.75, 3.05) is 19.3 Å². The largest absolute Gasteiger partial charge is 0.480 e. The molecule has 0 spiro atoms. The lowest BCUT2D eigenvalue weighted by molar-refractivity contribution is -0.163. The van der Waals surface area contributed by atoms with Crippen LogP contribution < -0.4 is 5.32 Å². The van der Waals surface area contributed by atoms with Crippen molar-refractivity contribution in [2.24, 2.45) is 11.3 Å². The Hall–Kier alpha value is -1.75. The standard InChI is InChI=1S/C11H13N3O4S/c1-13-9(16)11(10(17)18)4-14-7(15)6(2-3-12)8(14)19-5-11/h6,8H,2,4-5H2,1H3,(H,13,16)(H,17,18)/t6?,8-,11?/m1/s1. The molecule has 19 heavy (non-hydrogen) atoms. The van der Waals surface area contributed by atoms with Crippen LogP contribution in [0.25, 0.3) is 0 Å². The van der Waals surface area contributed by atoms with Crippen LogP contribution in [0.4, 0.5) is 0 Å². The van der Waals surface area contributed by atoms with E-state index in [4.69, 9.17) is 5.26 Å². The first-order valence-corrected chi connectivity index (χ1v) is 6.77. The van der Waals surface area contributed by atoms with Gasteiger partial charge in [0.15, 0.2) is 5.41 Å². The van der Waals surface area contributed by atoms with Gasteiger partial charge in [-0.3, -0.25) is 14.4 Å². The summed E-state index contributed by atoms with van der Waals surface area (Å²) in [6.45, 7) is -0.125. The summed E-state index contributed by atoms with van der Waals surface area (Å²) in [6, 6.07) is 1.95. The van der Waals surface area contributed by atoms with Gasteiger partial charge in [-0.2, -0.15) is 5.26 Å². The van der Waals surface area contributed by atoms with Crippen molar-refractivity contribution in [1.29, 1.82) is 5.26 Å². The predicted octanol–water partition coefficient (Wildman–Crippen LogP) is -0.752. The van der Waals surface area contributed by atoms with Crippen molar-refractivity contribution in [3.8, 4) is 6.07 Å². The van der Waals surface area contributed by atoms with Crippen LogP contribution in [-0.4, -0.2) is 52.5 Å². The van der Waals surface area contributed by atoms with Gasteiger partial charge in [-0.25, -0.2) is 0 Å². The molecule has 0 aromatic heterocycles. The maximum atomic E-state index is 11.8. The normalized spacial score (nSPS) is 32.8. The minimum absolute atomic E-state index is 0.110. The molecule has 2 heterocycles. The summed E-state index contributed by atoms with van der Waals surface area (Å²) in [7, 11) is 1.38. The Balaban J connectivity index is 2.19. The molecule has 0 aromatic rings. The number of carboxylic acids is 1. The molecule has 2 saturated heterocycles. The lowest BCUT2D eigenvalue weighted by Crippen LogP contribution is -2.68. The number of hydrogen-bond acceptors (Lipinski definition) is 5. The number of nitrogens with zero attached hydrogens (tertiary/aromatic N) is 2. The van der Waals surface area contributed by atoms with Crippen molar-refractivity contribution in [3.63, 3.8) is 0 Å². The molecule has 102 valence electrons. The van der Waals surface area contributed by atoms with Crippen LogP contribution in [0.2, 0.25) is 0 Å². The van der Waals surface area contributed by atoms with Gasteiger partial charge >= 0.3 is 5.97 Å². The molecule has 3 atom stereocenters. The molecular formula is C11H13N3O4S. The monoisotopic (exact) mass is 283 g/mol. The van der Waals surface area contributed by atoms with E-state index in [-0.39, 0.29) is 35.9 Å². The van der Waals surface area contributed by atoms with E-state index < -0.39 is 17.3 Å². The van der Waals surface area contributed by atoms with Crippen LogP contribution in [0.5, 0.6) is 0 Å². The Labute approximate surface area is 113 Å². The number of carbonyl (C=O) groups excluding carboxylic acids is 2. The molecule has 2 aliphatic rings.